The molecular formula is C21H28N4O. The fourth-order valence-corrected chi connectivity index (χ4v) is 4.59. The highest BCUT2D eigenvalue weighted by atomic mass is 16.2. The zero-order chi connectivity index (χ0) is 18.3. The maximum atomic E-state index is 13.5. The summed E-state index contributed by atoms with van der Waals surface area (Å²) in [5.41, 5.74) is 5.74. The summed E-state index contributed by atoms with van der Waals surface area (Å²) in [5, 5.41) is 7.71. The zero-order valence-corrected chi connectivity index (χ0v) is 16.0. The fourth-order valence-electron chi connectivity index (χ4n) is 4.59. The zero-order valence-electron chi connectivity index (χ0n) is 16.0. The minimum absolute atomic E-state index is 0.186. The lowest BCUT2D eigenvalue weighted by molar-refractivity contribution is -0.142. The molecular weight excluding hydrogens is 324 g/mol. The first-order chi connectivity index (χ1) is 12.5. The van der Waals surface area contributed by atoms with E-state index in [1.165, 1.54) is 35.2 Å². The van der Waals surface area contributed by atoms with Crippen LogP contribution in [0.5, 0.6) is 0 Å². The van der Waals surface area contributed by atoms with Gasteiger partial charge in [-0.3, -0.25) is 14.8 Å². The van der Waals surface area contributed by atoms with Gasteiger partial charge in [-0.1, -0.05) is 24.3 Å². The summed E-state index contributed by atoms with van der Waals surface area (Å²) in [6.07, 6.45) is 6.15. The summed E-state index contributed by atoms with van der Waals surface area (Å²) in [5.74, 6) is 0.186. The van der Waals surface area contributed by atoms with Gasteiger partial charge in [0.15, 0.2) is 0 Å². The molecule has 0 unspecified atom stereocenters. The van der Waals surface area contributed by atoms with E-state index in [2.05, 4.69) is 39.4 Å². The molecule has 1 N–H and O–H groups in total. The molecule has 1 heterocycles. The highest BCUT2D eigenvalue weighted by molar-refractivity contribution is 5.88. The fraction of sp³-hybridized carbons (Fsp3) is 0.524. The molecule has 0 aliphatic heterocycles. The molecule has 0 saturated carbocycles. The van der Waals surface area contributed by atoms with Gasteiger partial charge in [0.2, 0.25) is 5.91 Å². The monoisotopic (exact) mass is 352 g/mol. The van der Waals surface area contributed by atoms with Gasteiger partial charge in [-0.15, -0.1) is 0 Å². The molecule has 5 heteroatoms. The Kier molecular flexibility index (Phi) is 4.35. The van der Waals surface area contributed by atoms with Gasteiger partial charge in [0.1, 0.15) is 5.54 Å². The highest BCUT2D eigenvalue weighted by Gasteiger charge is 2.47. The molecule has 138 valence electrons. The number of hydrogen-bond donors (Lipinski definition) is 1. The van der Waals surface area contributed by atoms with Crippen molar-refractivity contribution >= 4 is 5.91 Å². The SMILES string of the molecule is CN(Cc1n[nH]c2c1CCCC2)C(=O)C1(N(C)C)Cc2ccccc2C1. The average Bonchev–Trinajstić information content (AvgIpc) is 3.23. The summed E-state index contributed by atoms with van der Waals surface area (Å²) < 4.78 is 0. The minimum Gasteiger partial charge on any atom is -0.338 e. The Bertz CT molecular complexity index is 798. The van der Waals surface area contributed by atoms with E-state index >= 15 is 0 Å². The van der Waals surface area contributed by atoms with Crippen molar-refractivity contribution in [3.63, 3.8) is 0 Å². The van der Waals surface area contributed by atoms with E-state index in [0.29, 0.717) is 6.54 Å². The Hall–Kier alpha value is -2.14. The number of carbonyl (C=O) groups is 1. The van der Waals surface area contributed by atoms with Crippen LogP contribution >= 0.6 is 0 Å². The van der Waals surface area contributed by atoms with Crippen LogP contribution in [0.1, 0.15) is 40.9 Å². The van der Waals surface area contributed by atoms with E-state index in [1.807, 2.05) is 26.0 Å². The summed E-state index contributed by atoms with van der Waals surface area (Å²) >= 11 is 0. The normalized spacial score (nSPS) is 17.8. The lowest BCUT2D eigenvalue weighted by Gasteiger charge is -2.38. The molecule has 5 nitrogen and oxygen atoms in total. The number of benzene rings is 1. The van der Waals surface area contributed by atoms with Crippen molar-refractivity contribution in [2.24, 2.45) is 0 Å². The minimum atomic E-state index is -0.491. The van der Waals surface area contributed by atoms with Crippen molar-refractivity contribution in [1.29, 1.82) is 0 Å². The van der Waals surface area contributed by atoms with Crippen molar-refractivity contribution in [3.05, 3.63) is 52.3 Å². The van der Waals surface area contributed by atoms with Gasteiger partial charge >= 0.3 is 0 Å². The molecule has 2 aliphatic rings. The Morgan fingerprint density at radius 1 is 1.12 bits per heavy atom. The van der Waals surface area contributed by atoms with Gasteiger partial charge in [0, 0.05) is 25.6 Å². The smallest absolute Gasteiger partial charge is 0.243 e. The van der Waals surface area contributed by atoms with Crippen LogP contribution in [-0.2, 0) is 37.0 Å². The number of fused-ring (bicyclic) bond motifs is 2. The average molecular weight is 352 g/mol. The van der Waals surface area contributed by atoms with E-state index < -0.39 is 5.54 Å². The van der Waals surface area contributed by atoms with Crippen LogP contribution in [0.15, 0.2) is 24.3 Å². The number of amides is 1. The van der Waals surface area contributed by atoms with Crippen LogP contribution in [0, 0.1) is 0 Å². The van der Waals surface area contributed by atoms with Crippen molar-refractivity contribution in [1.82, 2.24) is 20.0 Å². The number of aromatic amines is 1. The predicted octanol–water partition coefficient (Wildman–Crippen LogP) is 2.35. The van der Waals surface area contributed by atoms with Crippen molar-refractivity contribution < 1.29 is 4.79 Å². The van der Waals surface area contributed by atoms with E-state index in [4.69, 9.17) is 0 Å². The third-order valence-electron chi connectivity index (χ3n) is 6.21. The van der Waals surface area contributed by atoms with Crippen LogP contribution in [0.25, 0.3) is 0 Å². The molecule has 0 radical (unpaired) electrons. The van der Waals surface area contributed by atoms with Gasteiger partial charge in [-0.2, -0.15) is 5.10 Å². The molecule has 1 aromatic carbocycles. The summed E-state index contributed by atoms with van der Waals surface area (Å²) in [7, 11) is 5.96. The lowest BCUT2D eigenvalue weighted by Crippen LogP contribution is -2.57. The first kappa shape index (κ1) is 17.3. The summed E-state index contributed by atoms with van der Waals surface area (Å²) in [6.45, 7) is 0.580. The molecule has 4 rings (SSSR count). The predicted molar refractivity (Wildman–Crippen MR) is 102 cm³/mol. The van der Waals surface area contributed by atoms with Crippen LogP contribution in [0.2, 0.25) is 0 Å². The van der Waals surface area contributed by atoms with Crippen molar-refractivity contribution in [3.8, 4) is 0 Å². The third kappa shape index (κ3) is 2.75. The van der Waals surface area contributed by atoms with Gasteiger partial charge in [0.25, 0.3) is 0 Å². The molecule has 0 bridgehead atoms. The first-order valence-electron chi connectivity index (χ1n) is 9.56. The van der Waals surface area contributed by atoms with Crippen LogP contribution < -0.4 is 0 Å². The molecule has 1 aromatic heterocycles. The van der Waals surface area contributed by atoms with Gasteiger partial charge in [0.05, 0.1) is 12.2 Å². The molecule has 0 atom stereocenters. The number of aryl methyl sites for hydroxylation is 1. The number of likely N-dealkylation sites (N-methyl/N-ethyl adjacent to an activating group) is 2. The largest absolute Gasteiger partial charge is 0.338 e. The Labute approximate surface area is 155 Å². The number of hydrogen-bond acceptors (Lipinski definition) is 3. The van der Waals surface area contributed by atoms with E-state index in [-0.39, 0.29) is 5.91 Å². The number of H-pyrrole nitrogens is 1. The lowest BCUT2D eigenvalue weighted by atomic mass is 9.91. The summed E-state index contributed by atoms with van der Waals surface area (Å²) in [4.78, 5) is 17.5. The second-order valence-corrected chi connectivity index (χ2v) is 8.04. The van der Waals surface area contributed by atoms with Crippen molar-refractivity contribution in [2.45, 2.75) is 50.6 Å². The van der Waals surface area contributed by atoms with Crippen LogP contribution in [0.3, 0.4) is 0 Å². The second-order valence-electron chi connectivity index (χ2n) is 8.04. The number of rotatable bonds is 4. The maximum Gasteiger partial charge on any atom is 0.243 e. The van der Waals surface area contributed by atoms with Gasteiger partial charge in [-0.25, -0.2) is 0 Å². The third-order valence-corrected chi connectivity index (χ3v) is 6.21. The first-order valence-corrected chi connectivity index (χ1v) is 9.56. The number of carbonyl (C=O) groups excluding carboxylic acids is 1. The van der Waals surface area contributed by atoms with Crippen LogP contribution in [0.4, 0.5) is 0 Å². The van der Waals surface area contributed by atoms with E-state index in [9.17, 15) is 4.79 Å². The quantitative estimate of drug-likeness (QED) is 0.919. The Balaban J connectivity index is 1.56. The topological polar surface area (TPSA) is 52.2 Å². The standard InChI is InChI=1S/C21H28N4O/c1-24(2)21(12-15-8-4-5-9-16(15)13-21)20(26)25(3)14-19-17-10-6-7-11-18(17)22-23-19/h4-5,8-9H,6-7,10-14H2,1-3H3,(H,22,23). The summed E-state index contributed by atoms with van der Waals surface area (Å²) in [6, 6.07) is 8.43. The number of nitrogens with zero attached hydrogens (tertiary/aromatic N) is 3. The highest BCUT2D eigenvalue weighted by Crippen LogP contribution is 2.35. The molecule has 26 heavy (non-hydrogen) atoms. The molecule has 2 aromatic rings. The van der Waals surface area contributed by atoms with Crippen LogP contribution in [-0.4, -0.2) is 52.6 Å². The molecule has 2 aliphatic carbocycles. The molecule has 0 saturated heterocycles. The molecule has 0 fully saturated rings. The number of nitrogens with one attached hydrogen (secondary N) is 1. The van der Waals surface area contributed by atoms with Crippen molar-refractivity contribution in [2.75, 3.05) is 21.1 Å². The van der Waals surface area contributed by atoms with E-state index in [1.54, 1.807) is 0 Å². The number of aromatic nitrogens is 2. The Morgan fingerprint density at radius 3 is 2.42 bits per heavy atom. The van der Waals surface area contributed by atoms with E-state index in [0.717, 1.165) is 31.4 Å². The maximum absolute atomic E-state index is 13.5. The molecule has 0 spiro atoms. The second kappa shape index (κ2) is 6.54. The van der Waals surface area contributed by atoms with Gasteiger partial charge in [-0.05, 0) is 56.5 Å². The molecule has 1 amide bonds. The Morgan fingerprint density at radius 2 is 1.77 bits per heavy atom. The van der Waals surface area contributed by atoms with Gasteiger partial charge < -0.3 is 4.90 Å².